The van der Waals surface area contributed by atoms with E-state index in [1.807, 2.05) is 26.8 Å². The average molecular weight is 372 g/mol. The lowest BCUT2D eigenvalue weighted by Gasteiger charge is -2.14. The Bertz CT molecular complexity index is 1010. The highest BCUT2D eigenvalue weighted by molar-refractivity contribution is 7.19. The highest BCUT2D eigenvalue weighted by Crippen LogP contribution is 2.29. The van der Waals surface area contributed by atoms with Crippen molar-refractivity contribution in [2.24, 2.45) is 0 Å². The Morgan fingerprint density at radius 1 is 1.27 bits per heavy atom. The maximum Gasteiger partial charge on any atom is 0.260 e. The van der Waals surface area contributed by atoms with Crippen LogP contribution in [0.3, 0.4) is 0 Å². The Labute approximate surface area is 155 Å². The van der Waals surface area contributed by atoms with Crippen LogP contribution in [0.1, 0.15) is 47.1 Å². The Hall–Kier alpha value is -2.47. The number of hydrogen-bond donors (Lipinski definition) is 1. The predicted molar refractivity (Wildman–Crippen MR) is 103 cm³/mol. The summed E-state index contributed by atoms with van der Waals surface area (Å²) in [5.41, 5.74) is 1.11. The molecule has 1 aromatic carbocycles. The molecule has 136 valence electrons. The Morgan fingerprint density at radius 3 is 2.62 bits per heavy atom. The second-order valence-corrected chi connectivity index (χ2v) is 7.59. The number of amides is 1. The van der Waals surface area contributed by atoms with Crippen molar-refractivity contribution in [2.75, 3.05) is 0 Å². The van der Waals surface area contributed by atoms with Gasteiger partial charge in [0.15, 0.2) is 0 Å². The summed E-state index contributed by atoms with van der Waals surface area (Å²) in [6.45, 7) is 6.32. The zero-order valence-electron chi connectivity index (χ0n) is 15.0. The molecule has 3 rings (SSSR count). The number of nitrogens with zero attached hydrogens (tertiary/aromatic N) is 1. The van der Waals surface area contributed by atoms with Crippen LogP contribution >= 0.6 is 11.3 Å². The summed E-state index contributed by atoms with van der Waals surface area (Å²) in [6, 6.07) is 7.63. The normalized spacial score (nSPS) is 12.3. The van der Waals surface area contributed by atoms with E-state index < -0.39 is 0 Å². The van der Waals surface area contributed by atoms with Gasteiger partial charge in [0, 0.05) is 22.3 Å². The molecule has 1 amide bonds. The lowest BCUT2D eigenvalue weighted by atomic mass is 10.1. The van der Waals surface area contributed by atoms with Crippen molar-refractivity contribution in [3.63, 3.8) is 0 Å². The number of carbonyl (C=O) groups is 1. The molecule has 0 unspecified atom stereocenters. The molecule has 0 spiro atoms. The van der Waals surface area contributed by atoms with Crippen LogP contribution in [0, 0.1) is 12.7 Å². The van der Waals surface area contributed by atoms with Crippen molar-refractivity contribution in [3.8, 4) is 0 Å². The predicted octanol–water partition coefficient (Wildman–Crippen LogP) is 4.41. The molecule has 0 radical (unpaired) electrons. The van der Waals surface area contributed by atoms with Crippen molar-refractivity contribution in [1.82, 2.24) is 9.88 Å². The molecule has 0 fully saturated rings. The Morgan fingerprint density at radius 2 is 1.96 bits per heavy atom. The fraction of sp³-hybridized carbons (Fsp3) is 0.300. The molecule has 2 aromatic heterocycles. The van der Waals surface area contributed by atoms with Crippen LogP contribution < -0.4 is 10.9 Å². The Balaban J connectivity index is 1.97. The summed E-state index contributed by atoms with van der Waals surface area (Å²) < 4.78 is 15.6. The first-order valence-corrected chi connectivity index (χ1v) is 9.43. The topological polar surface area (TPSA) is 51.1 Å². The maximum absolute atomic E-state index is 13.1. The first-order valence-electron chi connectivity index (χ1n) is 8.61. The second kappa shape index (κ2) is 7.41. The van der Waals surface area contributed by atoms with Crippen LogP contribution in [0.5, 0.6) is 0 Å². The van der Waals surface area contributed by atoms with E-state index >= 15 is 0 Å². The van der Waals surface area contributed by atoms with E-state index in [1.165, 1.54) is 23.5 Å². The van der Waals surface area contributed by atoms with Crippen molar-refractivity contribution in [1.29, 1.82) is 0 Å². The molecule has 0 saturated carbocycles. The number of benzene rings is 1. The van der Waals surface area contributed by atoms with Crippen molar-refractivity contribution < 1.29 is 9.18 Å². The molecule has 1 N–H and O–H groups in total. The van der Waals surface area contributed by atoms with E-state index in [9.17, 15) is 14.0 Å². The minimum atomic E-state index is -0.316. The second-order valence-electron chi connectivity index (χ2n) is 6.33. The van der Waals surface area contributed by atoms with Gasteiger partial charge in [-0.3, -0.25) is 9.59 Å². The summed E-state index contributed by atoms with van der Waals surface area (Å²) in [5, 5.41) is 3.41. The fourth-order valence-corrected chi connectivity index (χ4v) is 4.11. The van der Waals surface area contributed by atoms with E-state index in [2.05, 4.69) is 5.32 Å². The van der Waals surface area contributed by atoms with Gasteiger partial charge >= 0.3 is 0 Å². The third kappa shape index (κ3) is 3.42. The molecular formula is C20H21FN2O2S. The number of hydrogen-bond acceptors (Lipinski definition) is 3. The van der Waals surface area contributed by atoms with Gasteiger partial charge in [0.2, 0.25) is 0 Å². The van der Waals surface area contributed by atoms with Crippen LogP contribution in [0.15, 0.2) is 41.3 Å². The van der Waals surface area contributed by atoms with Gasteiger partial charge in [0.25, 0.3) is 11.5 Å². The highest BCUT2D eigenvalue weighted by Gasteiger charge is 2.21. The van der Waals surface area contributed by atoms with Gasteiger partial charge < -0.3 is 9.88 Å². The number of carbonyl (C=O) groups excluding carboxylic acids is 1. The quantitative estimate of drug-likeness (QED) is 0.721. The van der Waals surface area contributed by atoms with E-state index in [4.69, 9.17) is 0 Å². The molecule has 26 heavy (non-hydrogen) atoms. The number of halogens is 1. The zero-order valence-corrected chi connectivity index (χ0v) is 15.8. The van der Waals surface area contributed by atoms with Gasteiger partial charge in [-0.2, -0.15) is 0 Å². The molecule has 3 aromatic rings. The summed E-state index contributed by atoms with van der Waals surface area (Å²) >= 11 is 1.45. The van der Waals surface area contributed by atoms with Gasteiger partial charge in [-0.05, 0) is 44.0 Å². The summed E-state index contributed by atoms with van der Waals surface area (Å²) in [4.78, 5) is 26.5. The largest absolute Gasteiger partial charge is 0.345 e. The molecule has 0 aliphatic rings. The van der Waals surface area contributed by atoms with Gasteiger partial charge in [0.1, 0.15) is 5.82 Å². The van der Waals surface area contributed by atoms with Gasteiger partial charge in [-0.25, -0.2) is 4.39 Å². The number of thiophene rings is 1. The van der Waals surface area contributed by atoms with E-state index in [-0.39, 0.29) is 23.3 Å². The monoisotopic (exact) mass is 372 g/mol. The zero-order chi connectivity index (χ0) is 18.8. The minimum absolute atomic E-state index is 0.131. The van der Waals surface area contributed by atoms with E-state index in [1.54, 1.807) is 22.9 Å². The van der Waals surface area contributed by atoms with Crippen molar-refractivity contribution in [3.05, 3.63) is 68.7 Å². The molecule has 0 aliphatic heterocycles. The molecule has 0 bridgehead atoms. The average Bonchev–Trinajstić information content (AvgIpc) is 2.95. The van der Waals surface area contributed by atoms with Gasteiger partial charge in [-0.15, -0.1) is 11.3 Å². The number of fused-ring (bicyclic) bond motifs is 1. The summed E-state index contributed by atoms with van der Waals surface area (Å²) in [7, 11) is 0. The molecule has 4 nitrogen and oxygen atoms in total. The molecule has 0 saturated heterocycles. The molecule has 0 aliphatic carbocycles. The number of pyridine rings is 1. The molecule has 2 heterocycles. The fourth-order valence-electron chi connectivity index (χ4n) is 3.06. The van der Waals surface area contributed by atoms with Crippen LogP contribution in [-0.2, 0) is 6.54 Å². The lowest BCUT2D eigenvalue weighted by molar-refractivity contribution is 0.0941. The number of nitrogens with one attached hydrogen (secondary N) is 1. The smallest absolute Gasteiger partial charge is 0.260 e. The lowest BCUT2D eigenvalue weighted by Crippen LogP contribution is -2.28. The number of aromatic nitrogens is 1. The third-order valence-electron chi connectivity index (χ3n) is 4.40. The van der Waals surface area contributed by atoms with Crippen LogP contribution in [0.2, 0.25) is 0 Å². The highest BCUT2D eigenvalue weighted by atomic mass is 32.1. The van der Waals surface area contributed by atoms with Crippen LogP contribution in [0.25, 0.3) is 10.1 Å². The van der Waals surface area contributed by atoms with Gasteiger partial charge in [0.05, 0.1) is 17.0 Å². The summed E-state index contributed by atoms with van der Waals surface area (Å²) in [5.74, 6) is -0.597. The van der Waals surface area contributed by atoms with Crippen LogP contribution in [-0.4, -0.2) is 10.5 Å². The van der Waals surface area contributed by atoms with Crippen molar-refractivity contribution >= 4 is 27.3 Å². The Kier molecular flexibility index (Phi) is 5.23. The van der Waals surface area contributed by atoms with E-state index in [0.29, 0.717) is 17.5 Å². The standard InChI is InChI=1S/C20H21FN2O2S/c1-4-10-23-11-9-16-18(20(23)25)17(13(3)26-16)19(24)22-12(2)14-5-7-15(21)8-6-14/h5-9,11-12H,4,10H2,1-3H3,(H,22,24)/t12-/m1/s1. The first kappa shape index (κ1) is 18.3. The first-order chi connectivity index (χ1) is 12.4. The molecule has 6 heteroatoms. The SMILES string of the molecule is CCCn1ccc2sc(C)c(C(=O)N[C@H](C)c3ccc(F)cc3)c2c1=O. The third-order valence-corrected chi connectivity index (χ3v) is 5.47. The molecule has 1 atom stereocenters. The van der Waals surface area contributed by atoms with E-state index in [0.717, 1.165) is 21.6 Å². The maximum atomic E-state index is 13.1. The van der Waals surface area contributed by atoms with Crippen molar-refractivity contribution in [2.45, 2.75) is 39.8 Å². The summed E-state index contributed by atoms with van der Waals surface area (Å²) in [6.07, 6.45) is 2.63. The minimum Gasteiger partial charge on any atom is -0.345 e. The number of aryl methyl sites for hydroxylation is 2. The molecular weight excluding hydrogens is 351 g/mol. The van der Waals surface area contributed by atoms with Crippen LogP contribution in [0.4, 0.5) is 4.39 Å². The number of rotatable bonds is 5. The van der Waals surface area contributed by atoms with Gasteiger partial charge in [-0.1, -0.05) is 19.1 Å².